The van der Waals surface area contributed by atoms with Gasteiger partial charge in [0.05, 0.1) is 19.9 Å². The molecule has 0 aliphatic carbocycles. The van der Waals surface area contributed by atoms with E-state index in [0.29, 0.717) is 23.8 Å². The van der Waals surface area contributed by atoms with Crippen molar-refractivity contribution in [3.05, 3.63) is 48.4 Å². The fourth-order valence-corrected chi connectivity index (χ4v) is 1.91. The number of carbonyl (C=O) groups is 1. The molecule has 0 radical (unpaired) electrons. The van der Waals surface area contributed by atoms with E-state index in [0.717, 1.165) is 0 Å². The molecule has 2 rings (SSSR count). The van der Waals surface area contributed by atoms with Gasteiger partial charge in [-0.1, -0.05) is 12.1 Å². The minimum Gasteiger partial charge on any atom is -0.493 e. The number of methoxy groups -OCH3 is 2. The molecule has 2 aromatic rings. The van der Waals surface area contributed by atoms with Gasteiger partial charge in [0.25, 0.3) is 5.91 Å². The number of benzene rings is 1. The fraction of sp³-hybridized carbons (Fsp3) is 0.312. The zero-order valence-corrected chi connectivity index (χ0v) is 12.6. The third kappa shape index (κ3) is 4.26. The van der Waals surface area contributed by atoms with Crippen LogP contribution < -0.4 is 14.8 Å². The maximum Gasteiger partial charge on any atom is 0.258 e. The minimum absolute atomic E-state index is 0.102. The number of hydrogen-bond donors (Lipinski definition) is 1. The van der Waals surface area contributed by atoms with Crippen LogP contribution in [-0.2, 0) is 9.53 Å². The van der Waals surface area contributed by atoms with Crippen molar-refractivity contribution in [2.75, 3.05) is 27.4 Å². The Kier molecular flexibility index (Phi) is 5.85. The van der Waals surface area contributed by atoms with E-state index in [1.807, 2.05) is 12.1 Å². The average molecular weight is 305 g/mol. The zero-order valence-electron chi connectivity index (χ0n) is 12.6. The van der Waals surface area contributed by atoms with Crippen LogP contribution in [0.1, 0.15) is 11.9 Å². The van der Waals surface area contributed by atoms with Gasteiger partial charge in [0.2, 0.25) is 0 Å². The second kappa shape index (κ2) is 8.09. The molecule has 1 aromatic heterocycles. The first-order chi connectivity index (χ1) is 10.7. The quantitative estimate of drug-likeness (QED) is 0.809. The highest BCUT2D eigenvalue weighted by Gasteiger charge is 2.15. The Morgan fingerprint density at radius 3 is 2.59 bits per heavy atom. The molecule has 0 aliphatic heterocycles. The first-order valence-electron chi connectivity index (χ1n) is 6.83. The molecule has 0 aliphatic rings. The van der Waals surface area contributed by atoms with Gasteiger partial charge in [-0.15, -0.1) is 0 Å². The molecule has 1 aromatic carbocycles. The summed E-state index contributed by atoms with van der Waals surface area (Å²) in [7, 11) is 3.11. The lowest BCUT2D eigenvalue weighted by atomic mass is 10.2. The number of para-hydroxylation sites is 2. The second-order valence-corrected chi connectivity index (χ2v) is 4.48. The maximum atomic E-state index is 11.8. The van der Waals surface area contributed by atoms with Gasteiger partial charge in [-0.25, -0.2) is 0 Å². The summed E-state index contributed by atoms with van der Waals surface area (Å²) in [5, 5.41) is 2.74. The van der Waals surface area contributed by atoms with Crippen LogP contribution in [0.3, 0.4) is 0 Å². The van der Waals surface area contributed by atoms with E-state index in [1.165, 1.54) is 0 Å². The number of rotatable bonds is 8. The maximum absolute atomic E-state index is 11.8. The van der Waals surface area contributed by atoms with Crippen LogP contribution >= 0.6 is 0 Å². The Hall–Kier alpha value is -2.47. The van der Waals surface area contributed by atoms with Gasteiger partial charge < -0.3 is 23.9 Å². The molecule has 22 heavy (non-hydrogen) atoms. The van der Waals surface area contributed by atoms with E-state index in [-0.39, 0.29) is 18.6 Å². The molecule has 0 bridgehead atoms. The van der Waals surface area contributed by atoms with Crippen molar-refractivity contribution in [2.45, 2.75) is 6.10 Å². The molecule has 6 heteroatoms. The number of hydrogen-bond acceptors (Lipinski definition) is 5. The van der Waals surface area contributed by atoms with Crippen LogP contribution in [0.2, 0.25) is 0 Å². The Balaban J connectivity index is 1.80. The first kappa shape index (κ1) is 15.9. The highest BCUT2D eigenvalue weighted by Crippen LogP contribution is 2.25. The van der Waals surface area contributed by atoms with E-state index >= 15 is 0 Å². The van der Waals surface area contributed by atoms with Crippen molar-refractivity contribution < 1.29 is 23.4 Å². The lowest BCUT2D eigenvalue weighted by Crippen LogP contribution is -2.32. The lowest BCUT2D eigenvalue weighted by Gasteiger charge is -2.14. The van der Waals surface area contributed by atoms with Gasteiger partial charge >= 0.3 is 0 Å². The Bertz CT molecular complexity index is 582. The Morgan fingerprint density at radius 1 is 1.18 bits per heavy atom. The summed E-state index contributed by atoms with van der Waals surface area (Å²) in [4.78, 5) is 11.8. The van der Waals surface area contributed by atoms with E-state index in [1.54, 1.807) is 44.7 Å². The normalized spacial score (nSPS) is 11.7. The smallest absolute Gasteiger partial charge is 0.258 e. The molecular weight excluding hydrogens is 286 g/mol. The molecular formula is C16H19NO5. The minimum atomic E-state index is -0.329. The second-order valence-electron chi connectivity index (χ2n) is 4.48. The van der Waals surface area contributed by atoms with Gasteiger partial charge in [0.15, 0.2) is 18.1 Å². The first-order valence-corrected chi connectivity index (χ1v) is 6.83. The molecule has 1 heterocycles. The molecule has 0 saturated carbocycles. The molecule has 0 fully saturated rings. The van der Waals surface area contributed by atoms with E-state index < -0.39 is 0 Å². The van der Waals surface area contributed by atoms with Crippen LogP contribution in [0.15, 0.2) is 47.1 Å². The molecule has 1 atom stereocenters. The summed E-state index contributed by atoms with van der Waals surface area (Å²) in [5.41, 5.74) is 0. The van der Waals surface area contributed by atoms with Gasteiger partial charge in [-0.05, 0) is 24.3 Å². The standard InChI is InChI=1S/C16H19NO5/c1-19-12-6-3-4-7-13(12)22-11-16(18)17-10-15(20-2)14-8-5-9-21-14/h3-9,15H,10-11H2,1-2H3,(H,17,18)/t15-/m1/s1. The highest BCUT2D eigenvalue weighted by atomic mass is 16.5. The summed E-state index contributed by atoms with van der Waals surface area (Å²) in [6.45, 7) is 0.201. The van der Waals surface area contributed by atoms with Crippen molar-refractivity contribution in [1.82, 2.24) is 5.32 Å². The molecule has 1 N–H and O–H groups in total. The van der Waals surface area contributed by atoms with Crippen molar-refractivity contribution in [3.8, 4) is 11.5 Å². The topological polar surface area (TPSA) is 69.9 Å². The van der Waals surface area contributed by atoms with Crippen molar-refractivity contribution in [1.29, 1.82) is 0 Å². The Morgan fingerprint density at radius 2 is 1.95 bits per heavy atom. The van der Waals surface area contributed by atoms with Crippen LogP contribution in [0.25, 0.3) is 0 Å². The predicted octanol–water partition coefficient (Wildman–Crippen LogP) is 2.17. The summed E-state index contributed by atoms with van der Waals surface area (Å²) in [5.74, 6) is 1.52. The van der Waals surface area contributed by atoms with Gasteiger partial charge in [0.1, 0.15) is 11.9 Å². The third-order valence-corrected chi connectivity index (χ3v) is 3.06. The van der Waals surface area contributed by atoms with Crippen molar-refractivity contribution in [2.24, 2.45) is 0 Å². The van der Waals surface area contributed by atoms with Crippen LogP contribution in [0, 0.1) is 0 Å². The predicted molar refractivity (Wildman–Crippen MR) is 80.0 cm³/mol. The summed E-state index contributed by atoms with van der Waals surface area (Å²) >= 11 is 0. The van der Waals surface area contributed by atoms with Crippen LogP contribution in [0.5, 0.6) is 11.5 Å². The van der Waals surface area contributed by atoms with Crippen LogP contribution in [-0.4, -0.2) is 33.3 Å². The number of carbonyl (C=O) groups excluding carboxylic acids is 1. The van der Waals surface area contributed by atoms with Crippen LogP contribution in [0.4, 0.5) is 0 Å². The molecule has 6 nitrogen and oxygen atoms in total. The van der Waals surface area contributed by atoms with E-state index in [2.05, 4.69) is 5.32 Å². The monoisotopic (exact) mass is 305 g/mol. The average Bonchev–Trinajstić information content (AvgIpc) is 3.08. The molecule has 0 saturated heterocycles. The number of amides is 1. The van der Waals surface area contributed by atoms with E-state index in [4.69, 9.17) is 18.6 Å². The summed E-state index contributed by atoms with van der Waals surface area (Å²) in [6.07, 6.45) is 1.23. The fourth-order valence-electron chi connectivity index (χ4n) is 1.91. The van der Waals surface area contributed by atoms with Crippen molar-refractivity contribution in [3.63, 3.8) is 0 Å². The largest absolute Gasteiger partial charge is 0.493 e. The number of furan rings is 1. The van der Waals surface area contributed by atoms with Gasteiger partial charge in [0, 0.05) is 7.11 Å². The number of nitrogens with one attached hydrogen (secondary N) is 1. The summed E-state index contributed by atoms with van der Waals surface area (Å²) < 4.78 is 21.1. The molecule has 1 amide bonds. The summed E-state index contributed by atoms with van der Waals surface area (Å²) in [6, 6.07) is 10.7. The van der Waals surface area contributed by atoms with Gasteiger partial charge in [-0.2, -0.15) is 0 Å². The van der Waals surface area contributed by atoms with Crippen molar-refractivity contribution >= 4 is 5.91 Å². The highest BCUT2D eigenvalue weighted by molar-refractivity contribution is 5.77. The Labute approximate surface area is 129 Å². The lowest BCUT2D eigenvalue weighted by molar-refractivity contribution is -0.123. The van der Waals surface area contributed by atoms with Gasteiger partial charge in [-0.3, -0.25) is 4.79 Å². The zero-order chi connectivity index (χ0) is 15.8. The van der Waals surface area contributed by atoms with E-state index in [9.17, 15) is 4.79 Å². The molecule has 0 spiro atoms. The third-order valence-electron chi connectivity index (χ3n) is 3.06. The number of ether oxygens (including phenoxy) is 3. The SMILES string of the molecule is COc1ccccc1OCC(=O)NC[C@@H](OC)c1ccco1. The molecule has 0 unspecified atom stereocenters. The molecule has 118 valence electrons.